The lowest BCUT2D eigenvalue weighted by Crippen LogP contribution is -2.25. The van der Waals surface area contributed by atoms with Gasteiger partial charge < -0.3 is 9.84 Å². The second kappa shape index (κ2) is 8.76. The molecule has 26 heavy (non-hydrogen) atoms. The summed E-state index contributed by atoms with van der Waals surface area (Å²) in [6.07, 6.45) is 3.67. The number of hydrogen-bond acceptors (Lipinski definition) is 5. The van der Waals surface area contributed by atoms with Crippen molar-refractivity contribution in [3.63, 3.8) is 0 Å². The van der Waals surface area contributed by atoms with E-state index in [0.717, 1.165) is 47.3 Å². The Labute approximate surface area is 157 Å². The van der Waals surface area contributed by atoms with Crippen molar-refractivity contribution < 1.29 is 9.32 Å². The van der Waals surface area contributed by atoms with Crippen LogP contribution in [-0.2, 0) is 6.42 Å². The second-order valence-corrected chi connectivity index (χ2v) is 7.32. The fraction of sp³-hybridized carbons (Fsp3) is 0.350. The van der Waals surface area contributed by atoms with E-state index < -0.39 is 0 Å². The summed E-state index contributed by atoms with van der Waals surface area (Å²) in [6, 6.07) is 9.90. The zero-order valence-electron chi connectivity index (χ0n) is 15.1. The standard InChI is InChI=1S/C20H23N3O2S/c1-14-9-10-15(2)16(13-14)20(24)21-11-5-3-4-8-18-22-19(23-25-18)17-7-6-12-26-17/h6-7,9-10,12-13H,3-5,8,11H2,1-2H3,(H,21,24). The molecule has 0 aliphatic carbocycles. The maximum absolute atomic E-state index is 12.2. The summed E-state index contributed by atoms with van der Waals surface area (Å²) in [5.41, 5.74) is 2.87. The first-order chi connectivity index (χ1) is 12.6. The van der Waals surface area contributed by atoms with E-state index in [-0.39, 0.29) is 5.91 Å². The van der Waals surface area contributed by atoms with Crippen LogP contribution in [-0.4, -0.2) is 22.6 Å². The largest absolute Gasteiger partial charge is 0.352 e. The van der Waals surface area contributed by atoms with Gasteiger partial charge in [0.2, 0.25) is 11.7 Å². The predicted octanol–water partition coefficient (Wildman–Crippen LogP) is 4.56. The van der Waals surface area contributed by atoms with Gasteiger partial charge in [-0.15, -0.1) is 11.3 Å². The summed E-state index contributed by atoms with van der Waals surface area (Å²) in [7, 11) is 0. The number of benzene rings is 1. The van der Waals surface area contributed by atoms with E-state index >= 15 is 0 Å². The lowest BCUT2D eigenvalue weighted by Gasteiger charge is -2.08. The van der Waals surface area contributed by atoms with Gasteiger partial charge in [-0.2, -0.15) is 4.98 Å². The number of thiophene rings is 1. The van der Waals surface area contributed by atoms with Gasteiger partial charge in [-0.1, -0.05) is 35.3 Å². The van der Waals surface area contributed by atoms with Crippen LogP contribution in [0.25, 0.3) is 10.7 Å². The van der Waals surface area contributed by atoms with Crippen LogP contribution in [0.2, 0.25) is 0 Å². The molecule has 0 aliphatic heterocycles. The number of nitrogens with one attached hydrogen (secondary N) is 1. The van der Waals surface area contributed by atoms with Crippen molar-refractivity contribution in [1.29, 1.82) is 0 Å². The summed E-state index contributed by atoms with van der Waals surface area (Å²) in [6.45, 7) is 4.64. The molecule has 0 atom stereocenters. The number of amides is 1. The Morgan fingerprint density at radius 1 is 1.19 bits per heavy atom. The van der Waals surface area contributed by atoms with E-state index in [9.17, 15) is 4.79 Å². The number of hydrogen-bond donors (Lipinski definition) is 1. The van der Waals surface area contributed by atoms with Crippen LogP contribution in [0, 0.1) is 13.8 Å². The first-order valence-electron chi connectivity index (χ1n) is 8.85. The molecule has 0 aliphatic rings. The number of carbonyl (C=O) groups is 1. The fourth-order valence-corrected chi connectivity index (χ4v) is 3.37. The Morgan fingerprint density at radius 3 is 2.88 bits per heavy atom. The first-order valence-corrected chi connectivity index (χ1v) is 9.73. The minimum Gasteiger partial charge on any atom is -0.352 e. The summed E-state index contributed by atoms with van der Waals surface area (Å²) >= 11 is 1.60. The Hall–Kier alpha value is -2.47. The van der Waals surface area contributed by atoms with Crippen LogP contribution in [0.15, 0.2) is 40.2 Å². The normalized spacial score (nSPS) is 10.8. The van der Waals surface area contributed by atoms with Gasteiger partial charge in [0, 0.05) is 18.5 Å². The summed E-state index contributed by atoms with van der Waals surface area (Å²) in [4.78, 5) is 17.7. The van der Waals surface area contributed by atoms with E-state index in [1.807, 2.05) is 49.6 Å². The molecule has 0 unspecified atom stereocenters. The fourth-order valence-electron chi connectivity index (χ4n) is 2.72. The minimum absolute atomic E-state index is 0.00342. The van der Waals surface area contributed by atoms with Gasteiger partial charge in [-0.25, -0.2) is 0 Å². The summed E-state index contributed by atoms with van der Waals surface area (Å²) in [5.74, 6) is 1.34. The SMILES string of the molecule is Cc1ccc(C)c(C(=O)NCCCCCc2nc(-c3cccs3)no2)c1. The zero-order chi connectivity index (χ0) is 18.4. The monoisotopic (exact) mass is 369 g/mol. The molecule has 5 nitrogen and oxygen atoms in total. The van der Waals surface area contributed by atoms with E-state index in [1.165, 1.54) is 0 Å². The number of unbranched alkanes of at least 4 members (excludes halogenated alkanes) is 2. The quantitative estimate of drug-likeness (QED) is 0.591. The molecule has 2 heterocycles. The first kappa shape index (κ1) is 18.3. The molecule has 0 saturated heterocycles. The molecule has 1 aromatic carbocycles. The predicted molar refractivity (Wildman–Crippen MR) is 103 cm³/mol. The van der Waals surface area contributed by atoms with Gasteiger partial charge in [-0.3, -0.25) is 4.79 Å². The molecule has 0 spiro atoms. The number of rotatable bonds is 8. The van der Waals surface area contributed by atoms with Gasteiger partial charge in [0.1, 0.15) is 0 Å². The van der Waals surface area contributed by atoms with Crippen molar-refractivity contribution in [2.45, 2.75) is 39.5 Å². The Kier molecular flexibility index (Phi) is 6.17. The topological polar surface area (TPSA) is 68.0 Å². The second-order valence-electron chi connectivity index (χ2n) is 6.37. The molecule has 6 heteroatoms. The third-order valence-electron chi connectivity index (χ3n) is 4.20. The lowest BCUT2D eigenvalue weighted by molar-refractivity contribution is 0.0952. The van der Waals surface area contributed by atoms with Crippen LogP contribution < -0.4 is 5.32 Å². The maximum Gasteiger partial charge on any atom is 0.251 e. The minimum atomic E-state index is 0.00342. The van der Waals surface area contributed by atoms with Crippen molar-refractivity contribution in [1.82, 2.24) is 15.5 Å². The highest BCUT2D eigenvalue weighted by Crippen LogP contribution is 2.21. The van der Waals surface area contributed by atoms with E-state index in [2.05, 4.69) is 15.5 Å². The zero-order valence-corrected chi connectivity index (χ0v) is 15.9. The molecule has 0 bridgehead atoms. The Morgan fingerprint density at radius 2 is 2.08 bits per heavy atom. The van der Waals surface area contributed by atoms with Crippen molar-refractivity contribution in [3.8, 4) is 10.7 Å². The van der Waals surface area contributed by atoms with E-state index in [1.54, 1.807) is 11.3 Å². The van der Waals surface area contributed by atoms with Crippen LogP contribution in [0.3, 0.4) is 0 Å². The van der Waals surface area contributed by atoms with Crippen LogP contribution in [0.4, 0.5) is 0 Å². The van der Waals surface area contributed by atoms with Gasteiger partial charge in [-0.05, 0) is 49.8 Å². The third kappa shape index (κ3) is 4.79. The highest BCUT2D eigenvalue weighted by Gasteiger charge is 2.10. The molecule has 0 radical (unpaired) electrons. The molecule has 1 N–H and O–H groups in total. The molecule has 3 aromatic rings. The number of carbonyl (C=O) groups excluding carboxylic acids is 1. The average molecular weight is 369 g/mol. The van der Waals surface area contributed by atoms with Gasteiger partial charge >= 0.3 is 0 Å². The highest BCUT2D eigenvalue weighted by atomic mass is 32.1. The van der Waals surface area contributed by atoms with Crippen LogP contribution in [0.5, 0.6) is 0 Å². The molecule has 136 valence electrons. The Balaban J connectivity index is 1.36. The molecule has 3 rings (SSSR count). The van der Waals surface area contributed by atoms with Gasteiger partial charge in [0.25, 0.3) is 5.91 Å². The third-order valence-corrected chi connectivity index (χ3v) is 5.07. The van der Waals surface area contributed by atoms with E-state index in [4.69, 9.17) is 4.52 Å². The molecule has 0 saturated carbocycles. The molecular weight excluding hydrogens is 346 g/mol. The highest BCUT2D eigenvalue weighted by molar-refractivity contribution is 7.13. The lowest BCUT2D eigenvalue weighted by atomic mass is 10.1. The molecule has 0 fully saturated rings. The number of nitrogens with zero attached hydrogens (tertiary/aromatic N) is 2. The van der Waals surface area contributed by atoms with Gasteiger partial charge in [0.15, 0.2) is 0 Å². The van der Waals surface area contributed by atoms with Gasteiger partial charge in [0.05, 0.1) is 4.88 Å². The van der Waals surface area contributed by atoms with Crippen molar-refractivity contribution >= 4 is 17.2 Å². The summed E-state index contributed by atoms with van der Waals surface area (Å²) in [5, 5.41) is 9.01. The number of aryl methyl sites for hydroxylation is 3. The van der Waals surface area contributed by atoms with Crippen molar-refractivity contribution in [2.75, 3.05) is 6.54 Å². The molecule has 1 amide bonds. The number of aromatic nitrogens is 2. The Bertz CT molecular complexity index is 856. The van der Waals surface area contributed by atoms with Crippen LogP contribution >= 0.6 is 11.3 Å². The maximum atomic E-state index is 12.2. The smallest absolute Gasteiger partial charge is 0.251 e. The van der Waals surface area contributed by atoms with E-state index in [0.29, 0.717) is 18.3 Å². The van der Waals surface area contributed by atoms with Crippen LogP contribution in [0.1, 0.15) is 46.6 Å². The molecular formula is C20H23N3O2S. The molecule has 2 aromatic heterocycles. The van der Waals surface area contributed by atoms with Crippen molar-refractivity contribution in [2.24, 2.45) is 0 Å². The average Bonchev–Trinajstić information content (AvgIpc) is 3.31. The van der Waals surface area contributed by atoms with Crippen molar-refractivity contribution in [3.05, 3.63) is 58.3 Å². The summed E-state index contributed by atoms with van der Waals surface area (Å²) < 4.78 is 5.29.